The molecule has 100 valence electrons. The lowest BCUT2D eigenvalue weighted by molar-refractivity contribution is 0.274. The van der Waals surface area contributed by atoms with Crippen molar-refractivity contribution in [2.75, 3.05) is 6.54 Å². The lowest BCUT2D eigenvalue weighted by atomic mass is 9.82. The van der Waals surface area contributed by atoms with Gasteiger partial charge in [0.15, 0.2) is 0 Å². The van der Waals surface area contributed by atoms with Gasteiger partial charge in [-0.05, 0) is 44.2 Å². The van der Waals surface area contributed by atoms with E-state index in [2.05, 4.69) is 12.2 Å². The topological polar surface area (TPSA) is 12.0 Å². The zero-order valence-electron chi connectivity index (χ0n) is 11.5. The minimum Gasteiger partial charge on any atom is -0.312 e. The molecule has 2 atom stereocenters. The zero-order chi connectivity index (χ0) is 13.0. The highest BCUT2D eigenvalue weighted by Crippen LogP contribution is 2.27. The van der Waals surface area contributed by atoms with Crippen molar-refractivity contribution < 1.29 is 4.39 Å². The monoisotopic (exact) mass is 249 g/mol. The summed E-state index contributed by atoms with van der Waals surface area (Å²) in [6.07, 6.45) is 5.38. The smallest absolute Gasteiger partial charge is 0.127 e. The van der Waals surface area contributed by atoms with E-state index in [1.165, 1.54) is 25.7 Å². The molecule has 1 aromatic carbocycles. The molecule has 1 aromatic rings. The number of hydrogen-bond acceptors (Lipinski definition) is 1. The molecule has 2 unspecified atom stereocenters. The fourth-order valence-electron chi connectivity index (χ4n) is 3.00. The van der Waals surface area contributed by atoms with Crippen molar-refractivity contribution in [2.24, 2.45) is 11.8 Å². The quantitative estimate of drug-likeness (QED) is 0.849. The summed E-state index contributed by atoms with van der Waals surface area (Å²) in [4.78, 5) is 0. The summed E-state index contributed by atoms with van der Waals surface area (Å²) in [6.45, 7) is 6.02. The van der Waals surface area contributed by atoms with Crippen LogP contribution in [-0.4, -0.2) is 6.54 Å². The average Bonchev–Trinajstić information content (AvgIpc) is 2.34. The maximum atomic E-state index is 13.6. The van der Waals surface area contributed by atoms with Gasteiger partial charge in [-0.1, -0.05) is 37.5 Å². The number of halogens is 1. The Bertz CT molecular complexity index is 389. The van der Waals surface area contributed by atoms with E-state index in [1.54, 1.807) is 6.07 Å². The van der Waals surface area contributed by atoms with Crippen LogP contribution in [-0.2, 0) is 6.54 Å². The first-order valence-electron chi connectivity index (χ1n) is 7.11. The third-order valence-corrected chi connectivity index (χ3v) is 3.99. The zero-order valence-corrected chi connectivity index (χ0v) is 11.5. The summed E-state index contributed by atoms with van der Waals surface area (Å²) >= 11 is 0. The third kappa shape index (κ3) is 3.81. The van der Waals surface area contributed by atoms with Gasteiger partial charge >= 0.3 is 0 Å². The van der Waals surface area contributed by atoms with Crippen molar-refractivity contribution in [3.05, 3.63) is 35.1 Å². The predicted molar refractivity (Wildman–Crippen MR) is 74.0 cm³/mol. The van der Waals surface area contributed by atoms with Gasteiger partial charge in [0.25, 0.3) is 0 Å². The molecule has 1 N–H and O–H groups in total. The number of nitrogens with one attached hydrogen (secondary N) is 1. The molecule has 0 aromatic heterocycles. The van der Waals surface area contributed by atoms with Gasteiger partial charge in [-0.2, -0.15) is 0 Å². The van der Waals surface area contributed by atoms with Crippen LogP contribution in [0.3, 0.4) is 0 Å². The van der Waals surface area contributed by atoms with Crippen LogP contribution in [0.1, 0.15) is 43.7 Å². The second kappa shape index (κ2) is 6.33. The van der Waals surface area contributed by atoms with Gasteiger partial charge < -0.3 is 5.32 Å². The molecule has 0 saturated heterocycles. The molecular weight excluding hydrogens is 225 g/mol. The summed E-state index contributed by atoms with van der Waals surface area (Å²) < 4.78 is 13.6. The fourth-order valence-corrected chi connectivity index (χ4v) is 3.00. The lowest BCUT2D eigenvalue weighted by Gasteiger charge is -2.26. The molecule has 0 aliphatic heterocycles. The van der Waals surface area contributed by atoms with Crippen molar-refractivity contribution in [1.82, 2.24) is 5.32 Å². The summed E-state index contributed by atoms with van der Waals surface area (Å²) in [6, 6.07) is 5.32. The van der Waals surface area contributed by atoms with Crippen molar-refractivity contribution >= 4 is 0 Å². The van der Waals surface area contributed by atoms with E-state index in [0.717, 1.165) is 29.5 Å². The SMILES string of the molecule is Cc1ccc(F)c(CNCC2CCCC(C)C2)c1. The van der Waals surface area contributed by atoms with Gasteiger partial charge in [0.05, 0.1) is 0 Å². The van der Waals surface area contributed by atoms with Gasteiger partial charge in [-0.3, -0.25) is 0 Å². The Balaban J connectivity index is 1.79. The van der Waals surface area contributed by atoms with Crippen LogP contribution in [0.25, 0.3) is 0 Å². The van der Waals surface area contributed by atoms with Crippen LogP contribution < -0.4 is 5.32 Å². The van der Waals surface area contributed by atoms with E-state index < -0.39 is 0 Å². The third-order valence-electron chi connectivity index (χ3n) is 3.99. The first kappa shape index (κ1) is 13.5. The molecule has 1 aliphatic carbocycles. The van der Waals surface area contributed by atoms with Gasteiger partial charge in [0, 0.05) is 12.1 Å². The summed E-state index contributed by atoms with van der Waals surface area (Å²) in [5.74, 6) is 1.55. The molecule has 0 bridgehead atoms. The Hall–Kier alpha value is -0.890. The normalized spacial score (nSPS) is 24.2. The van der Waals surface area contributed by atoms with Gasteiger partial charge in [-0.15, -0.1) is 0 Å². The van der Waals surface area contributed by atoms with Crippen LogP contribution in [0.4, 0.5) is 4.39 Å². The number of hydrogen-bond donors (Lipinski definition) is 1. The molecule has 0 heterocycles. The second-order valence-corrected chi connectivity index (χ2v) is 5.86. The lowest BCUT2D eigenvalue weighted by Crippen LogP contribution is -2.26. The van der Waals surface area contributed by atoms with Crippen LogP contribution >= 0.6 is 0 Å². The number of benzene rings is 1. The van der Waals surface area contributed by atoms with Crippen molar-refractivity contribution in [2.45, 2.75) is 46.1 Å². The first-order chi connectivity index (χ1) is 8.65. The van der Waals surface area contributed by atoms with E-state index in [0.29, 0.717) is 6.54 Å². The highest BCUT2D eigenvalue weighted by atomic mass is 19.1. The van der Waals surface area contributed by atoms with Crippen molar-refractivity contribution in [3.8, 4) is 0 Å². The standard InChI is InChI=1S/C16H24FN/c1-12-4-3-5-14(8-12)10-18-11-15-9-13(2)6-7-16(15)17/h6-7,9,12,14,18H,3-5,8,10-11H2,1-2H3. The van der Waals surface area contributed by atoms with Gasteiger partial charge in [-0.25, -0.2) is 4.39 Å². The molecule has 18 heavy (non-hydrogen) atoms. The highest BCUT2D eigenvalue weighted by molar-refractivity contribution is 5.23. The Morgan fingerprint density at radius 1 is 1.33 bits per heavy atom. The molecule has 2 rings (SSSR count). The summed E-state index contributed by atoms with van der Waals surface area (Å²) in [5.41, 5.74) is 1.92. The number of aryl methyl sites for hydroxylation is 1. The Kier molecular flexibility index (Phi) is 4.76. The van der Waals surface area contributed by atoms with E-state index >= 15 is 0 Å². The van der Waals surface area contributed by atoms with Crippen LogP contribution in [0.5, 0.6) is 0 Å². The second-order valence-electron chi connectivity index (χ2n) is 5.86. The highest BCUT2D eigenvalue weighted by Gasteiger charge is 2.18. The molecule has 2 heteroatoms. The molecule has 1 saturated carbocycles. The molecule has 0 amide bonds. The molecular formula is C16H24FN. The van der Waals surface area contributed by atoms with Gasteiger partial charge in [0.1, 0.15) is 5.82 Å². The van der Waals surface area contributed by atoms with Crippen molar-refractivity contribution in [1.29, 1.82) is 0 Å². The number of rotatable bonds is 4. The summed E-state index contributed by atoms with van der Waals surface area (Å²) in [7, 11) is 0. The largest absolute Gasteiger partial charge is 0.312 e. The van der Waals surface area contributed by atoms with E-state index in [4.69, 9.17) is 0 Å². The molecule has 0 radical (unpaired) electrons. The fraction of sp³-hybridized carbons (Fsp3) is 0.625. The van der Waals surface area contributed by atoms with Crippen LogP contribution in [0, 0.1) is 24.6 Å². The predicted octanol–water partition coefficient (Wildman–Crippen LogP) is 4.05. The van der Waals surface area contributed by atoms with Crippen LogP contribution in [0.15, 0.2) is 18.2 Å². The molecule has 1 fully saturated rings. The molecule has 1 nitrogen and oxygen atoms in total. The average molecular weight is 249 g/mol. The van der Waals surface area contributed by atoms with E-state index in [9.17, 15) is 4.39 Å². The van der Waals surface area contributed by atoms with Crippen LogP contribution in [0.2, 0.25) is 0 Å². The van der Waals surface area contributed by atoms with E-state index in [1.807, 2.05) is 19.1 Å². The maximum absolute atomic E-state index is 13.6. The Morgan fingerprint density at radius 3 is 2.94 bits per heavy atom. The van der Waals surface area contributed by atoms with Gasteiger partial charge in [0.2, 0.25) is 0 Å². The Labute approximate surface area is 110 Å². The first-order valence-corrected chi connectivity index (χ1v) is 7.11. The van der Waals surface area contributed by atoms with Crippen molar-refractivity contribution in [3.63, 3.8) is 0 Å². The minimum atomic E-state index is -0.0925. The molecule has 1 aliphatic rings. The Morgan fingerprint density at radius 2 is 2.17 bits per heavy atom. The minimum absolute atomic E-state index is 0.0925. The molecule has 0 spiro atoms. The maximum Gasteiger partial charge on any atom is 0.127 e. The summed E-state index contributed by atoms with van der Waals surface area (Å²) in [5, 5.41) is 3.42. The van der Waals surface area contributed by atoms with E-state index in [-0.39, 0.29) is 5.82 Å².